The van der Waals surface area contributed by atoms with Crippen molar-refractivity contribution in [2.24, 2.45) is 0 Å². The second-order valence-electron chi connectivity index (χ2n) is 13.1. The smallest absolute Gasteiger partial charge is 0.123 e. The van der Waals surface area contributed by atoms with E-state index in [0.29, 0.717) is 11.5 Å². The van der Waals surface area contributed by atoms with Crippen LogP contribution in [0.1, 0.15) is 150 Å². The van der Waals surface area contributed by atoms with E-state index in [1.807, 2.05) is 0 Å². The Labute approximate surface area is 232 Å². The second-order valence-corrected chi connectivity index (χ2v) is 13.1. The summed E-state index contributed by atoms with van der Waals surface area (Å²) in [6.07, 6.45) is 17.3. The minimum Gasteiger partial charge on any atom is -0.507 e. The maximum atomic E-state index is 12.1. The molecule has 2 saturated carbocycles. The number of benzene rings is 2. The molecule has 0 spiro atoms. The van der Waals surface area contributed by atoms with Crippen LogP contribution >= 0.6 is 0 Å². The molecule has 208 valence electrons. The molecular weight excluding hydrogens is 464 g/mol. The van der Waals surface area contributed by atoms with Gasteiger partial charge in [0.2, 0.25) is 0 Å². The molecule has 2 N–H and O–H groups in total. The number of allylic oxidation sites excluding steroid dienone is 2. The van der Waals surface area contributed by atoms with Crippen LogP contribution in [0.15, 0.2) is 35.9 Å². The number of rotatable bonds is 8. The van der Waals surface area contributed by atoms with Crippen molar-refractivity contribution in [1.82, 2.24) is 0 Å². The maximum absolute atomic E-state index is 12.1. The van der Waals surface area contributed by atoms with Gasteiger partial charge in [0.05, 0.1) is 0 Å². The number of hydrogen-bond acceptors (Lipinski definition) is 2. The fourth-order valence-corrected chi connectivity index (χ4v) is 7.54. The minimum atomic E-state index is -0.150. The van der Waals surface area contributed by atoms with Crippen LogP contribution in [0.25, 0.3) is 0 Å². The van der Waals surface area contributed by atoms with Crippen LogP contribution in [0.3, 0.4) is 0 Å². The first-order valence-corrected chi connectivity index (χ1v) is 15.5. The van der Waals surface area contributed by atoms with Crippen LogP contribution in [0.5, 0.6) is 11.5 Å². The second kappa shape index (κ2) is 11.9. The Bertz CT molecular complexity index is 1060. The normalized spacial score (nSPS) is 19.6. The summed E-state index contributed by atoms with van der Waals surface area (Å²) >= 11 is 0. The molecule has 2 aromatic carbocycles. The van der Waals surface area contributed by atoms with Crippen molar-refractivity contribution in [2.45, 2.75) is 142 Å². The Morgan fingerprint density at radius 1 is 0.737 bits per heavy atom. The molecule has 38 heavy (non-hydrogen) atoms. The standard InChI is InChI=1S/C36H52O2/c1-7-9-16-27(8-2)32(28-21-25(3)23-30(33(28)37)35(5)17-12-10-13-18-35)29-22-26(4)24-31(34(29)38)36(6)19-14-11-15-20-36/h16,21-24,32,37-38H,7-15,17-20H2,1-6H3. The van der Waals surface area contributed by atoms with Crippen LogP contribution in [-0.2, 0) is 10.8 Å². The highest BCUT2D eigenvalue weighted by atomic mass is 16.3. The van der Waals surface area contributed by atoms with E-state index in [0.717, 1.165) is 67.2 Å². The topological polar surface area (TPSA) is 40.5 Å². The van der Waals surface area contributed by atoms with Crippen LogP contribution in [0, 0.1) is 13.8 Å². The van der Waals surface area contributed by atoms with E-state index in [9.17, 15) is 10.2 Å². The molecule has 0 bridgehead atoms. The van der Waals surface area contributed by atoms with Gasteiger partial charge in [-0.05, 0) is 63.2 Å². The third-order valence-corrected chi connectivity index (χ3v) is 9.88. The van der Waals surface area contributed by atoms with Crippen molar-refractivity contribution in [2.75, 3.05) is 0 Å². The van der Waals surface area contributed by atoms with Crippen molar-refractivity contribution in [3.8, 4) is 11.5 Å². The van der Waals surface area contributed by atoms with Crippen molar-refractivity contribution < 1.29 is 10.2 Å². The van der Waals surface area contributed by atoms with Gasteiger partial charge in [-0.25, -0.2) is 0 Å². The Morgan fingerprint density at radius 3 is 1.53 bits per heavy atom. The molecule has 0 heterocycles. The fraction of sp³-hybridized carbons (Fsp3) is 0.611. The lowest BCUT2D eigenvalue weighted by Gasteiger charge is -2.37. The van der Waals surface area contributed by atoms with Gasteiger partial charge in [-0.3, -0.25) is 0 Å². The van der Waals surface area contributed by atoms with Gasteiger partial charge in [-0.1, -0.05) is 120 Å². The quantitative estimate of drug-likeness (QED) is 0.343. The molecule has 0 radical (unpaired) electrons. The van der Waals surface area contributed by atoms with E-state index in [1.165, 1.54) is 55.2 Å². The Balaban J connectivity index is 1.96. The molecule has 4 rings (SSSR count). The molecule has 2 nitrogen and oxygen atoms in total. The highest BCUT2D eigenvalue weighted by molar-refractivity contribution is 5.59. The van der Waals surface area contributed by atoms with E-state index < -0.39 is 0 Å². The Kier molecular flexibility index (Phi) is 9.00. The summed E-state index contributed by atoms with van der Waals surface area (Å²) in [5.41, 5.74) is 7.85. The van der Waals surface area contributed by atoms with Crippen molar-refractivity contribution in [3.63, 3.8) is 0 Å². The van der Waals surface area contributed by atoms with Gasteiger partial charge in [-0.2, -0.15) is 0 Å². The average molecular weight is 517 g/mol. The number of hydrogen-bond donors (Lipinski definition) is 2. The third kappa shape index (κ3) is 5.70. The zero-order valence-corrected chi connectivity index (χ0v) is 25.1. The molecule has 2 aromatic rings. The molecule has 0 aliphatic heterocycles. The van der Waals surface area contributed by atoms with E-state index in [2.05, 4.69) is 71.9 Å². The third-order valence-electron chi connectivity index (χ3n) is 9.88. The van der Waals surface area contributed by atoms with Crippen molar-refractivity contribution in [1.29, 1.82) is 0 Å². The number of unbranched alkanes of at least 4 members (excludes halogenated alkanes) is 1. The predicted octanol–water partition coefficient (Wildman–Crippen LogP) is 10.4. The largest absolute Gasteiger partial charge is 0.507 e. The van der Waals surface area contributed by atoms with E-state index in [-0.39, 0.29) is 16.7 Å². The lowest BCUT2D eigenvalue weighted by Crippen LogP contribution is -2.26. The number of phenols is 2. The van der Waals surface area contributed by atoms with E-state index in [4.69, 9.17) is 0 Å². The zero-order valence-electron chi connectivity index (χ0n) is 25.1. The molecule has 0 atom stereocenters. The monoisotopic (exact) mass is 516 g/mol. The molecule has 0 saturated heterocycles. The summed E-state index contributed by atoms with van der Waals surface area (Å²) in [4.78, 5) is 0. The summed E-state index contributed by atoms with van der Waals surface area (Å²) in [5, 5.41) is 24.1. The first-order valence-electron chi connectivity index (χ1n) is 15.5. The summed E-state index contributed by atoms with van der Waals surface area (Å²) in [6.45, 7) is 13.5. The van der Waals surface area contributed by atoms with Gasteiger partial charge in [0.1, 0.15) is 11.5 Å². The predicted molar refractivity (Wildman–Crippen MR) is 162 cm³/mol. The van der Waals surface area contributed by atoms with Gasteiger partial charge in [-0.15, -0.1) is 0 Å². The number of aryl methyl sites for hydroxylation is 2. The highest BCUT2D eigenvalue weighted by Gasteiger charge is 2.37. The van der Waals surface area contributed by atoms with Gasteiger partial charge in [0, 0.05) is 28.2 Å². The van der Waals surface area contributed by atoms with Crippen LogP contribution in [-0.4, -0.2) is 10.2 Å². The van der Waals surface area contributed by atoms with E-state index in [1.54, 1.807) is 0 Å². The van der Waals surface area contributed by atoms with Gasteiger partial charge >= 0.3 is 0 Å². The summed E-state index contributed by atoms with van der Waals surface area (Å²) in [6, 6.07) is 8.84. The molecule has 0 unspecified atom stereocenters. The minimum absolute atomic E-state index is 0.00253. The molecule has 2 fully saturated rings. The molecule has 2 heteroatoms. The SMILES string of the molecule is CCCC=C(CC)C(c1cc(C)cc(C2(C)CCCCC2)c1O)c1cc(C)cc(C2(C)CCCCC2)c1O. The van der Waals surface area contributed by atoms with Crippen LogP contribution < -0.4 is 0 Å². The highest BCUT2D eigenvalue weighted by Crippen LogP contribution is 2.51. The van der Waals surface area contributed by atoms with Crippen molar-refractivity contribution >= 4 is 0 Å². The molecule has 0 amide bonds. The Hall–Kier alpha value is -2.22. The van der Waals surface area contributed by atoms with E-state index >= 15 is 0 Å². The van der Waals surface area contributed by atoms with Crippen LogP contribution in [0.2, 0.25) is 0 Å². The lowest BCUT2D eigenvalue weighted by atomic mass is 9.68. The molecule has 2 aliphatic carbocycles. The first-order chi connectivity index (χ1) is 18.1. The number of phenolic OH excluding ortho intramolecular Hbond substituents is 2. The van der Waals surface area contributed by atoms with Crippen molar-refractivity contribution in [3.05, 3.63) is 69.3 Å². The maximum Gasteiger partial charge on any atom is 0.123 e. The average Bonchev–Trinajstić information content (AvgIpc) is 2.90. The number of aromatic hydroxyl groups is 2. The molecule has 2 aliphatic rings. The first kappa shape index (κ1) is 28.8. The van der Waals surface area contributed by atoms with Crippen LogP contribution in [0.4, 0.5) is 0 Å². The van der Waals surface area contributed by atoms with Gasteiger partial charge < -0.3 is 10.2 Å². The summed E-state index contributed by atoms with van der Waals surface area (Å²) in [7, 11) is 0. The fourth-order valence-electron chi connectivity index (χ4n) is 7.54. The zero-order chi connectivity index (χ0) is 27.5. The summed E-state index contributed by atoms with van der Waals surface area (Å²) < 4.78 is 0. The Morgan fingerprint density at radius 2 is 1.16 bits per heavy atom. The lowest BCUT2D eigenvalue weighted by molar-refractivity contribution is 0.306. The van der Waals surface area contributed by atoms with Gasteiger partial charge in [0.25, 0.3) is 0 Å². The molecule has 0 aromatic heterocycles. The summed E-state index contributed by atoms with van der Waals surface area (Å²) in [5.74, 6) is 0.752. The molecular formula is C36H52O2. The van der Waals surface area contributed by atoms with Gasteiger partial charge in [0.15, 0.2) is 0 Å².